The van der Waals surface area contributed by atoms with E-state index < -0.39 is 27.9 Å². The van der Waals surface area contributed by atoms with Crippen molar-refractivity contribution in [3.63, 3.8) is 0 Å². The van der Waals surface area contributed by atoms with Crippen LogP contribution in [0.5, 0.6) is 0 Å². The molecule has 0 spiro atoms. The van der Waals surface area contributed by atoms with Crippen LogP contribution in [-0.4, -0.2) is 31.4 Å². The van der Waals surface area contributed by atoms with E-state index in [0.717, 1.165) is 12.8 Å². The van der Waals surface area contributed by atoms with Crippen LogP contribution in [-0.2, 0) is 19.1 Å². The zero-order chi connectivity index (χ0) is 16.1. The number of carbonyl (C=O) groups is 1. The summed E-state index contributed by atoms with van der Waals surface area (Å²) in [7, 11) is -3.97. The second kappa shape index (κ2) is 14.9. The van der Waals surface area contributed by atoms with Crippen molar-refractivity contribution in [1.29, 1.82) is 0 Å². The van der Waals surface area contributed by atoms with Gasteiger partial charge in [-0.1, -0.05) is 58.3 Å². The van der Waals surface area contributed by atoms with Gasteiger partial charge < -0.3 is 10.7 Å². The Labute approximate surface area is 159 Å². The molecule has 5 nitrogen and oxygen atoms in total. The van der Waals surface area contributed by atoms with Gasteiger partial charge in [0.15, 0.2) is 0 Å². The molecular weight excluding hydrogens is 315 g/mol. The molecule has 0 aromatic carbocycles. The first-order valence-electron chi connectivity index (χ1n) is 8.01. The summed E-state index contributed by atoms with van der Waals surface area (Å²) in [6.07, 6.45) is 10.3. The molecule has 0 saturated heterocycles. The molecule has 0 saturated carbocycles. The Balaban J connectivity index is -0.00000200. The van der Waals surface area contributed by atoms with Crippen molar-refractivity contribution in [2.24, 2.45) is 0 Å². The van der Waals surface area contributed by atoms with E-state index in [-0.39, 0.29) is 37.4 Å². The molecule has 0 rings (SSSR count). The number of hydrogen-bond donors (Lipinski definition) is 1. The van der Waals surface area contributed by atoms with Crippen molar-refractivity contribution in [3.05, 3.63) is 0 Å². The van der Waals surface area contributed by atoms with Crippen molar-refractivity contribution < 1.29 is 53.5 Å². The summed E-state index contributed by atoms with van der Waals surface area (Å²) in [6, 6.07) is 0. The van der Waals surface area contributed by atoms with Gasteiger partial charge >= 0.3 is 45.6 Å². The van der Waals surface area contributed by atoms with Gasteiger partial charge in [0.25, 0.3) is 0 Å². The Morgan fingerprint density at radius 1 is 1.05 bits per heavy atom. The van der Waals surface area contributed by atoms with Gasteiger partial charge in [-0.2, -0.15) is 8.42 Å². The summed E-state index contributed by atoms with van der Waals surface area (Å²) in [5, 5.41) is 7.70. The third kappa shape index (κ3) is 12.9. The van der Waals surface area contributed by atoms with Gasteiger partial charge in [-0.05, 0) is 13.3 Å². The van der Waals surface area contributed by atoms with Crippen LogP contribution in [0.4, 0.5) is 0 Å². The first-order valence-corrected chi connectivity index (χ1v) is 9.48. The van der Waals surface area contributed by atoms with E-state index in [0.29, 0.717) is 6.42 Å². The average molecular weight is 346 g/mol. The smallest absolute Gasteiger partial charge is 1.00 e. The molecule has 0 bridgehead atoms. The monoisotopic (exact) mass is 346 g/mol. The molecule has 0 aliphatic carbocycles. The molecule has 0 aromatic heterocycles. The first kappa shape index (κ1) is 24.6. The predicted molar refractivity (Wildman–Crippen MR) is 84.5 cm³/mol. The standard InChI is InChI=1S/C15H30O5S.Na.H/c1-3-4-5-6-7-8-9-10-11-12-15(17)20-21(18,19)14(2)13-16;;/h14,16H,3-13H2,1-2H3;;/q;+1;-1. The molecule has 22 heavy (non-hydrogen) atoms. The molecule has 0 radical (unpaired) electrons. The predicted octanol–water partition coefficient (Wildman–Crippen LogP) is 0.278. The van der Waals surface area contributed by atoms with E-state index in [1.54, 1.807) is 0 Å². The van der Waals surface area contributed by atoms with Gasteiger partial charge in [-0.3, -0.25) is 4.79 Å². The van der Waals surface area contributed by atoms with Gasteiger partial charge in [0, 0.05) is 6.42 Å². The Bertz CT molecular complexity index is 376. The molecule has 0 aromatic rings. The number of unbranched alkanes of at least 4 members (excludes halogenated alkanes) is 8. The Morgan fingerprint density at radius 3 is 1.95 bits per heavy atom. The summed E-state index contributed by atoms with van der Waals surface area (Å²) in [5.74, 6) is -0.724. The molecule has 1 N–H and O–H groups in total. The Hall–Kier alpha value is 0.380. The second-order valence-electron chi connectivity index (χ2n) is 5.52. The number of hydrogen-bond acceptors (Lipinski definition) is 5. The molecule has 1 atom stereocenters. The van der Waals surface area contributed by atoms with Crippen LogP contribution < -0.4 is 29.6 Å². The quantitative estimate of drug-likeness (QED) is 0.294. The van der Waals surface area contributed by atoms with Crippen LogP contribution in [0.2, 0.25) is 0 Å². The van der Waals surface area contributed by atoms with Crippen molar-refractivity contribution in [1.82, 2.24) is 0 Å². The summed E-state index contributed by atoms with van der Waals surface area (Å²) in [5.41, 5.74) is 0. The van der Waals surface area contributed by atoms with Gasteiger partial charge in [0.05, 0.1) is 6.61 Å². The topological polar surface area (TPSA) is 80.7 Å². The van der Waals surface area contributed by atoms with Crippen molar-refractivity contribution in [2.75, 3.05) is 6.61 Å². The number of rotatable bonds is 13. The van der Waals surface area contributed by atoms with Crippen LogP contribution in [0.25, 0.3) is 0 Å². The fourth-order valence-corrected chi connectivity index (χ4v) is 2.61. The number of carbonyl (C=O) groups excluding carboxylic acids is 1. The number of aliphatic hydroxyl groups is 1. The summed E-state index contributed by atoms with van der Waals surface area (Å²) in [6.45, 7) is 2.95. The van der Waals surface area contributed by atoms with Gasteiger partial charge in [-0.25, -0.2) is 0 Å². The average Bonchev–Trinajstić information content (AvgIpc) is 2.44. The second-order valence-corrected chi connectivity index (χ2v) is 7.48. The van der Waals surface area contributed by atoms with E-state index in [1.807, 2.05) is 0 Å². The number of aliphatic hydroxyl groups excluding tert-OH is 1. The van der Waals surface area contributed by atoms with Crippen LogP contribution in [0.3, 0.4) is 0 Å². The summed E-state index contributed by atoms with van der Waals surface area (Å²) in [4.78, 5) is 11.4. The third-order valence-corrected chi connectivity index (χ3v) is 5.00. The van der Waals surface area contributed by atoms with E-state index in [4.69, 9.17) is 5.11 Å². The van der Waals surface area contributed by atoms with E-state index in [9.17, 15) is 13.2 Å². The van der Waals surface area contributed by atoms with E-state index in [2.05, 4.69) is 11.1 Å². The van der Waals surface area contributed by atoms with Crippen molar-refractivity contribution >= 4 is 16.1 Å². The third-order valence-electron chi connectivity index (χ3n) is 3.44. The molecule has 0 fully saturated rings. The Morgan fingerprint density at radius 2 is 1.50 bits per heavy atom. The molecule has 7 heteroatoms. The molecule has 0 aliphatic rings. The Kier molecular flexibility index (Phi) is 16.7. The molecule has 0 amide bonds. The maximum absolute atomic E-state index is 11.4. The van der Waals surface area contributed by atoms with Crippen LogP contribution in [0, 0.1) is 0 Å². The molecule has 1 unspecified atom stereocenters. The van der Waals surface area contributed by atoms with Crippen molar-refractivity contribution in [2.45, 2.75) is 83.3 Å². The summed E-state index contributed by atoms with van der Waals surface area (Å²) < 4.78 is 27.3. The maximum atomic E-state index is 11.4. The minimum atomic E-state index is -3.97. The zero-order valence-corrected chi connectivity index (χ0v) is 17.2. The van der Waals surface area contributed by atoms with Gasteiger partial charge in [0.2, 0.25) is 0 Å². The largest absolute Gasteiger partial charge is 1.00 e. The molecule has 0 aliphatic heterocycles. The van der Waals surface area contributed by atoms with Gasteiger partial charge in [0.1, 0.15) is 5.25 Å². The minimum Gasteiger partial charge on any atom is -1.00 e. The molecular formula is C15H31NaO5S. The normalized spacial score (nSPS) is 12.5. The SMILES string of the molecule is CCCCCCCCCCCC(=O)OS(=O)(=O)C(C)CO.[H-].[Na+]. The molecule has 0 heterocycles. The fourth-order valence-electron chi connectivity index (χ4n) is 1.92. The maximum Gasteiger partial charge on any atom is 1.00 e. The first-order chi connectivity index (χ1) is 9.94. The van der Waals surface area contributed by atoms with Crippen LogP contribution in [0.15, 0.2) is 0 Å². The molecule has 128 valence electrons. The minimum absolute atomic E-state index is 0. The zero-order valence-electron chi connectivity index (χ0n) is 15.3. The van der Waals surface area contributed by atoms with Crippen LogP contribution in [0.1, 0.15) is 79.5 Å². The van der Waals surface area contributed by atoms with Gasteiger partial charge in [-0.15, -0.1) is 0 Å². The van der Waals surface area contributed by atoms with E-state index in [1.165, 1.54) is 45.4 Å². The summed E-state index contributed by atoms with van der Waals surface area (Å²) >= 11 is 0. The fraction of sp³-hybridized carbons (Fsp3) is 0.933. The van der Waals surface area contributed by atoms with E-state index >= 15 is 0 Å². The van der Waals surface area contributed by atoms with Crippen molar-refractivity contribution in [3.8, 4) is 0 Å². The van der Waals surface area contributed by atoms with Crippen LogP contribution >= 0.6 is 0 Å².